The molecule has 1 aliphatic rings. The molecule has 1 N–H and O–H groups in total. The van der Waals surface area contributed by atoms with Crippen LogP contribution < -0.4 is 0 Å². The van der Waals surface area contributed by atoms with Crippen LogP contribution in [0.15, 0.2) is 5.03 Å². The molecule has 108 valence electrons. The summed E-state index contributed by atoms with van der Waals surface area (Å²) in [6.07, 6.45) is 2.88. The molecule has 19 heavy (non-hydrogen) atoms. The standard InChI is InChI=1S/C12H20ClN3O2S/c1-9-4-3-6-16(7-5-9)19(17,18)12-11(8-13)10(2)14-15-12/h9H,3-8H2,1-2H3,(H,14,15). The SMILES string of the molecule is Cc1[nH]nc(S(=O)(=O)N2CCCC(C)CC2)c1CCl. The number of rotatable bonds is 3. The number of aromatic nitrogens is 2. The second kappa shape index (κ2) is 5.81. The highest BCUT2D eigenvalue weighted by Crippen LogP contribution is 2.25. The van der Waals surface area contributed by atoms with Gasteiger partial charge < -0.3 is 0 Å². The summed E-state index contributed by atoms with van der Waals surface area (Å²) in [6.45, 7) is 5.09. The van der Waals surface area contributed by atoms with Crippen LogP contribution in [0, 0.1) is 12.8 Å². The van der Waals surface area contributed by atoms with Gasteiger partial charge in [-0.25, -0.2) is 8.42 Å². The Hall–Kier alpha value is -0.590. The molecule has 1 aromatic heterocycles. The van der Waals surface area contributed by atoms with Gasteiger partial charge in [-0.2, -0.15) is 9.40 Å². The number of H-pyrrole nitrogens is 1. The lowest BCUT2D eigenvalue weighted by Crippen LogP contribution is -2.32. The Morgan fingerprint density at radius 2 is 2.16 bits per heavy atom. The van der Waals surface area contributed by atoms with Crippen LogP contribution in [-0.4, -0.2) is 36.0 Å². The van der Waals surface area contributed by atoms with E-state index in [-0.39, 0.29) is 10.9 Å². The van der Waals surface area contributed by atoms with E-state index in [4.69, 9.17) is 11.6 Å². The molecule has 1 aliphatic heterocycles. The number of aromatic amines is 1. The highest BCUT2D eigenvalue weighted by molar-refractivity contribution is 7.89. The second-order valence-electron chi connectivity index (χ2n) is 5.21. The van der Waals surface area contributed by atoms with Crippen molar-refractivity contribution in [3.8, 4) is 0 Å². The van der Waals surface area contributed by atoms with Crippen molar-refractivity contribution < 1.29 is 8.42 Å². The molecule has 2 rings (SSSR count). The lowest BCUT2D eigenvalue weighted by Gasteiger charge is -2.19. The number of alkyl halides is 1. The lowest BCUT2D eigenvalue weighted by atomic mass is 10.0. The Balaban J connectivity index is 2.31. The Kier molecular flexibility index (Phi) is 4.53. The average molecular weight is 306 g/mol. The largest absolute Gasteiger partial charge is 0.281 e. The first-order valence-electron chi connectivity index (χ1n) is 6.56. The van der Waals surface area contributed by atoms with Crippen molar-refractivity contribution in [2.45, 2.75) is 44.0 Å². The topological polar surface area (TPSA) is 66.1 Å². The lowest BCUT2D eigenvalue weighted by molar-refractivity contribution is 0.414. The third-order valence-electron chi connectivity index (χ3n) is 3.73. The summed E-state index contributed by atoms with van der Waals surface area (Å²) in [6, 6.07) is 0. The van der Waals surface area contributed by atoms with E-state index in [9.17, 15) is 8.42 Å². The van der Waals surface area contributed by atoms with Gasteiger partial charge in [0.25, 0.3) is 10.0 Å². The molecule has 5 nitrogen and oxygen atoms in total. The van der Waals surface area contributed by atoms with Crippen LogP contribution in [-0.2, 0) is 15.9 Å². The Morgan fingerprint density at radius 1 is 1.42 bits per heavy atom. The van der Waals surface area contributed by atoms with Crippen molar-refractivity contribution in [1.82, 2.24) is 14.5 Å². The third-order valence-corrected chi connectivity index (χ3v) is 5.87. The average Bonchev–Trinajstić information content (AvgIpc) is 2.60. The number of sulfonamides is 1. The normalized spacial score (nSPS) is 22.4. The first-order chi connectivity index (χ1) is 8.96. The molecule has 0 bridgehead atoms. The molecule has 2 heterocycles. The van der Waals surface area contributed by atoms with Crippen LogP contribution in [0.2, 0.25) is 0 Å². The van der Waals surface area contributed by atoms with Crippen molar-refractivity contribution in [3.05, 3.63) is 11.3 Å². The molecular weight excluding hydrogens is 286 g/mol. The molecule has 0 amide bonds. The van der Waals surface area contributed by atoms with E-state index in [1.807, 2.05) is 0 Å². The smallest absolute Gasteiger partial charge is 0.262 e. The molecular formula is C12H20ClN3O2S. The van der Waals surface area contributed by atoms with Crippen molar-refractivity contribution in [2.24, 2.45) is 5.92 Å². The number of nitrogens with zero attached hydrogens (tertiary/aromatic N) is 2. The van der Waals surface area contributed by atoms with E-state index in [1.165, 1.54) is 0 Å². The number of hydrogen-bond donors (Lipinski definition) is 1. The van der Waals surface area contributed by atoms with E-state index in [0.29, 0.717) is 24.6 Å². The molecule has 1 atom stereocenters. The quantitative estimate of drug-likeness (QED) is 0.871. The minimum Gasteiger partial charge on any atom is -0.281 e. The van der Waals surface area contributed by atoms with Gasteiger partial charge in [0.1, 0.15) is 0 Å². The monoisotopic (exact) mass is 305 g/mol. The van der Waals surface area contributed by atoms with Gasteiger partial charge in [0.05, 0.1) is 5.88 Å². The zero-order chi connectivity index (χ0) is 14.0. The third kappa shape index (κ3) is 2.95. The van der Waals surface area contributed by atoms with Crippen molar-refractivity contribution in [2.75, 3.05) is 13.1 Å². The predicted octanol–water partition coefficient (Wildman–Crippen LogP) is 2.27. The van der Waals surface area contributed by atoms with Crippen LogP contribution in [0.3, 0.4) is 0 Å². The van der Waals surface area contributed by atoms with Crippen molar-refractivity contribution in [1.29, 1.82) is 0 Å². The summed E-state index contributed by atoms with van der Waals surface area (Å²) in [5.74, 6) is 0.731. The molecule has 7 heteroatoms. The predicted molar refractivity (Wildman–Crippen MR) is 74.7 cm³/mol. The summed E-state index contributed by atoms with van der Waals surface area (Å²) >= 11 is 5.84. The van der Waals surface area contributed by atoms with Crippen LogP contribution in [0.1, 0.15) is 37.4 Å². The van der Waals surface area contributed by atoms with E-state index in [1.54, 1.807) is 11.2 Å². The molecule has 0 aliphatic carbocycles. The molecule has 1 unspecified atom stereocenters. The number of nitrogens with one attached hydrogen (secondary N) is 1. The van der Waals surface area contributed by atoms with Crippen LogP contribution in [0.25, 0.3) is 0 Å². The minimum absolute atomic E-state index is 0.0922. The van der Waals surface area contributed by atoms with E-state index in [0.717, 1.165) is 25.0 Å². The maximum Gasteiger partial charge on any atom is 0.262 e. The van der Waals surface area contributed by atoms with Gasteiger partial charge in [-0.1, -0.05) is 6.92 Å². The summed E-state index contributed by atoms with van der Waals surface area (Å²) in [4.78, 5) is 0. The Morgan fingerprint density at radius 3 is 2.84 bits per heavy atom. The van der Waals surface area contributed by atoms with E-state index < -0.39 is 10.0 Å². The van der Waals surface area contributed by atoms with E-state index >= 15 is 0 Å². The minimum atomic E-state index is -3.52. The van der Waals surface area contributed by atoms with Crippen LogP contribution >= 0.6 is 11.6 Å². The van der Waals surface area contributed by atoms with Gasteiger partial charge >= 0.3 is 0 Å². The van der Waals surface area contributed by atoms with Gasteiger partial charge in [0, 0.05) is 24.3 Å². The first-order valence-corrected chi connectivity index (χ1v) is 8.54. The van der Waals surface area contributed by atoms with Crippen LogP contribution in [0.5, 0.6) is 0 Å². The maximum absolute atomic E-state index is 12.6. The Labute approximate surface area is 119 Å². The zero-order valence-corrected chi connectivity index (χ0v) is 12.9. The summed E-state index contributed by atoms with van der Waals surface area (Å²) in [5, 5.41) is 6.75. The first kappa shape index (κ1) is 14.8. The highest BCUT2D eigenvalue weighted by atomic mass is 35.5. The molecule has 1 fully saturated rings. The molecule has 0 aromatic carbocycles. The fourth-order valence-corrected chi connectivity index (χ4v) is 4.46. The van der Waals surface area contributed by atoms with Crippen molar-refractivity contribution >= 4 is 21.6 Å². The molecule has 1 aromatic rings. The van der Waals surface area contributed by atoms with Crippen LogP contribution in [0.4, 0.5) is 0 Å². The van der Waals surface area contributed by atoms with Gasteiger partial charge in [0.2, 0.25) is 0 Å². The number of aryl methyl sites for hydroxylation is 1. The summed E-state index contributed by atoms with van der Waals surface area (Å²) in [7, 11) is -3.52. The molecule has 0 saturated carbocycles. The Bertz CT molecular complexity index is 541. The van der Waals surface area contributed by atoms with Gasteiger partial charge in [-0.05, 0) is 32.1 Å². The second-order valence-corrected chi connectivity index (χ2v) is 7.33. The highest BCUT2D eigenvalue weighted by Gasteiger charge is 2.31. The molecule has 1 saturated heterocycles. The van der Waals surface area contributed by atoms with Gasteiger partial charge in [-0.15, -0.1) is 11.6 Å². The van der Waals surface area contributed by atoms with Gasteiger partial charge in [-0.3, -0.25) is 5.10 Å². The number of hydrogen-bond acceptors (Lipinski definition) is 3. The van der Waals surface area contributed by atoms with Crippen molar-refractivity contribution in [3.63, 3.8) is 0 Å². The summed E-state index contributed by atoms with van der Waals surface area (Å²) in [5.41, 5.74) is 1.30. The van der Waals surface area contributed by atoms with Gasteiger partial charge in [0.15, 0.2) is 5.03 Å². The zero-order valence-electron chi connectivity index (χ0n) is 11.3. The molecule has 0 radical (unpaired) electrons. The van der Waals surface area contributed by atoms with E-state index in [2.05, 4.69) is 17.1 Å². The summed E-state index contributed by atoms with van der Waals surface area (Å²) < 4.78 is 26.8. The fourth-order valence-electron chi connectivity index (χ4n) is 2.40. The number of halogens is 1. The maximum atomic E-state index is 12.6. The fraction of sp³-hybridized carbons (Fsp3) is 0.750. The molecule has 0 spiro atoms.